The zero-order valence-electron chi connectivity index (χ0n) is 17.9. The highest BCUT2D eigenvalue weighted by Gasteiger charge is 2.34. The number of ether oxygens (including phenoxy) is 2. The van der Waals surface area contributed by atoms with Crippen molar-refractivity contribution in [2.24, 2.45) is 0 Å². The molecule has 1 amide bonds. The maximum atomic E-state index is 13.4. The molecule has 0 atom stereocenters. The first-order valence-electron chi connectivity index (χ1n) is 10.2. The van der Waals surface area contributed by atoms with Crippen molar-refractivity contribution in [3.63, 3.8) is 0 Å². The van der Waals surface area contributed by atoms with Gasteiger partial charge in [0.1, 0.15) is 11.5 Å². The Hall–Kier alpha value is -2.00. The molecule has 0 saturated heterocycles. The third kappa shape index (κ3) is 5.67. The van der Waals surface area contributed by atoms with Gasteiger partial charge < -0.3 is 14.8 Å². The van der Waals surface area contributed by atoms with Crippen LogP contribution < -0.4 is 14.8 Å². The third-order valence-electron chi connectivity index (χ3n) is 5.45. The van der Waals surface area contributed by atoms with Crippen molar-refractivity contribution < 1.29 is 22.7 Å². The van der Waals surface area contributed by atoms with Crippen LogP contribution in [0.5, 0.6) is 11.5 Å². The molecule has 3 rings (SSSR count). The molecule has 1 aliphatic rings. The minimum absolute atomic E-state index is 0.103. The van der Waals surface area contributed by atoms with E-state index in [1.54, 1.807) is 0 Å². The van der Waals surface area contributed by atoms with Gasteiger partial charge >= 0.3 is 0 Å². The van der Waals surface area contributed by atoms with E-state index in [0.29, 0.717) is 40.1 Å². The molecule has 2 aromatic rings. The van der Waals surface area contributed by atoms with Crippen LogP contribution in [0.2, 0.25) is 10.0 Å². The molecule has 10 heteroatoms. The van der Waals surface area contributed by atoms with Crippen LogP contribution in [-0.4, -0.2) is 45.4 Å². The second kappa shape index (κ2) is 10.7. The van der Waals surface area contributed by atoms with Crippen molar-refractivity contribution >= 4 is 44.8 Å². The number of hydrogen-bond acceptors (Lipinski definition) is 5. The van der Waals surface area contributed by atoms with Gasteiger partial charge in [0.2, 0.25) is 15.9 Å². The first-order valence-corrected chi connectivity index (χ1v) is 12.4. The van der Waals surface area contributed by atoms with Crippen LogP contribution in [0.4, 0.5) is 5.69 Å². The molecule has 0 radical (unpaired) electrons. The van der Waals surface area contributed by atoms with E-state index in [9.17, 15) is 13.2 Å². The molecule has 1 fully saturated rings. The SMILES string of the molecule is COc1cc(NC(=O)CN(C2CCCCC2)S(=O)(=O)c2ccc(Cl)cc2)c(OC)cc1Cl. The van der Waals surface area contributed by atoms with Crippen LogP contribution in [0.15, 0.2) is 41.3 Å². The smallest absolute Gasteiger partial charge is 0.243 e. The van der Waals surface area contributed by atoms with Crippen LogP contribution in [0, 0.1) is 0 Å². The van der Waals surface area contributed by atoms with Crippen LogP contribution >= 0.6 is 23.2 Å². The van der Waals surface area contributed by atoms with Gasteiger partial charge in [-0.3, -0.25) is 4.79 Å². The van der Waals surface area contributed by atoms with Crippen LogP contribution in [0.1, 0.15) is 32.1 Å². The van der Waals surface area contributed by atoms with E-state index < -0.39 is 15.9 Å². The standard InChI is InChI=1S/C22H26Cl2N2O5S/c1-30-20-13-19(21(31-2)12-18(20)24)25-22(27)14-26(16-6-4-3-5-7-16)32(28,29)17-10-8-15(23)9-11-17/h8-13,16H,3-7,14H2,1-2H3,(H,25,27). The Morgan fingerprint density at radius 2 is 1.66 bits per heavy atom. The van der Waals surface area contributed by atoms with Gasteiger partial charge in [-0.1, -0.05) is 42.5 Å². The number of carbonyl (C=O) groups is 1. The number of sulfonamides is 1. The Labute approximate surface area is 198 Å². The summed E-state index contributed by atoms with van der Waals surface area (Å²) in [4.78, 5) is 13.1. The van der Waals surface area contributed by atoms with Gasteiger partial charge in [-0.15, -0.1) is 0 Å². The molecule has 7 nitrogen and oxygen atoms in total. The fourth-order valence-corrected chi connectivity index (χ4v) is 5.81. The van der Waals surface area contributed by atoms with Crippen LogP contribution in [0.25, 0.3) is 0 Å². The molecule has 0 spiro atoms. The quantitative estimate of drug-likeness (QED) is 0.552. The maximum Gasteiger partial charge on any atom is 0.243 e. The number of halogens is 2. The highest BCUT2D eigenvalue weighted by atomic mass is 35.5. The molecule has 174 valence electrons. The minimum atomic E-state index is -3.90. The molecule has 0 aliphatic heterocycles. The van der Waals surface area contributed by atoms with Gasteiger partial charge in [-0.25, -0.2) is 8.42 Å². The largest absolute Gasteiger partial charge is 0.495 e. The topological polar surface area (TPSA) is 84.9 Å². The van der Waals surface area contributed by atoms with Gasteiger partial charge in [0.15, 0.2) is 0 Å². The predicted octanol–water partition coefficient (Wildman–Crippen LogP) is 4.97. The summed E-state index contributed by atoms with van der Waals surface area (Å²) in [5.74, 6) is 0.213. The number of nitrogens with one attached hydrogen (secondary N) is 1. The van der Waals surface area contributed by atoms with Crippen molar-refractivity contribution in [1.29, 1.82) is 0 Å². The Morgan fingerprint density at radius 3 is 2.25 bits per heavy atom. The highest BCUT2D eigenvalue weighted by molar-refractivity contribution is 7.89. The zero-order chi connectivity index (χ0) is 23.3. The molecule has 0 bridgehead atoms. The lowest BCUT2D eigenvalue weighted by Crippen LogP contribution is -2.45. The second-order valence-corrected chi connectivity index (χ2v) is 10.3. The Bertz CT molecular complexity index is 1050. The molecular weight excluding hydrogens is 475 g/mol. The Morgan fingerprint density at radius 1 is 1.03 bits per heavy atom. The number of rotatable bonds is 8. The van der Waals surface area contributed by atoms with Crippen LogP contribution in [0.3, 0.4) is 0 Å². The fourth-order valence-electron chi connectivity index (χ4n) is 3.81. The summed E-state index contributed by atoms with van der Waals surface area (Å²) in [5, 5.41) is 3.51. The molecule has 0 aromatic heterocycles. The van der Waals surface area contributed by atoms with E-state index in [2.05, 4.69) is 5.32 Å². The molecule has 1 aliphatic carbocycles. The number of nitrogens with zero attached hydrogens (tertiary/aromatic N) is 1. The summed E-state index contributed by atoms with van der Waals surface area (Å²) < 4.78 is 38.7. The first kappa shape index (κ1) is 24.6. The molecule has 32 heavy (non-hydrogen) atoms. The van der Waals surface area contributed by atoms with E-state index >= 15 is 0 Å². The summed E-state index contributed by atoms with van der Waals surface area (Å²) >= 11 is 12.1. The average molecular weight is 501 g/mol. The van der Waals surface area contributed by atoms with Gasteiger partial charge in [0.25, 0.3) is 0 Å². The second-order valence-electron chi connectivity index (χ2n) is 7.53. The average Bonchev–Trinajstić information content (AvgIpc) is 2.79. The van der Waals surface area contributed by atoms with Crippen molar-refractivity contribution in [2.75, 3.05) is 26.1 Å². The van der Waals surface area contributed by atoms with Gasteiger partial charge in [0.05, 0.1) is 36.4 Å². The number of amides is 1. The van der Waals surface area contributed by atoms with Crippen molar-refractivity contribution in [3.05, 3.63) is 46.4 Å². The Kier molecular flexibility index (Phi) is 8.27. The molecule has 2 aromatic carbocycles. The van der Waals surface area contributed by atoms with E-state index in [1.807, 2.05) is 0 Å². The summed E-state index contributed by atoms with van der Waals surface area (Å²) in [6.07, 6.45) is 4.30. The summed E-state index contributed by atoms with van der Waals surface area (Å²) in [5.41, 5.74) is 0.339. The number of benzene rings is 2. The summed E-state index contributed by atoms with van der Waals surface area (Å²) in [7, 11) is -0.991. The molecular formula is C22H26Cl2N2O5S. The number of hydrogen-bond donors (Lipinski definition) is 1. The highest BCUT2D eigenvalue weighted by Crippen LogP contribution is 2.36. The Balaban J connectivity index is 1.88. The minimum Gasteiger partial charge on any atom is -0.495 e. The molecule has 1 saturated carbocycles. The maximum absolute atomic E-state index is 13.4. The summed E-state index contributed by atoms with van der Waals surface area (Å²) in [6, 6.07) is 8.78. The van der Waals surface area contributed by atoms with E-state index in [1.165, 1.54) is 54.9 Å². The van der Waals surface area contributed by atoms with Crippen molar-refractivity contribution in [1.82, 2.24) is 4.31 Å². The van der Waals surface area contributed by atoms with Crippen molar-refractivity contribution in [3.8, 4) is 11.5 Å². The van der Waals surface area contributed by atoms with E-state index in [-0.39, 0.29) is 17.5 Å². The lowest BCUT2D eigenvalue weighted by molar-refractivity contribution is -0.116. The molecule has 0 unspecified atom stereocenters. The van der Waals surface area contributed by atoms with E-state index in [0.717, 1.165) is 19.3 Å². The van der Waals surface area contributed by atoms with Gasteiger partial charge in [-0.2, -0.15) is 4.31 Å². The number of carbonyl (C=O) groups excluding carboxylic acids is 1. The lowest BCUT2D eigenvalue weighted by atomic mass is 9.95. The molecule has 0 heterocycles. The molecule has 1 N–H and O–H groups in total. The van der Waals surface area contributed by atoms with Gasteiger partial charge in [0, 0.05) is 23.2 Å². The number of methoxy groups -OCH3 is 2. The normalized spacial score (nSPS) is 14.9. The fraction of sp³-hybridized carbons (Fsp3) is 0.409. The predicted molar refractivity (Wildman–Crippen MR) is 125 cm³/mol. The number of anilines is 1. The van der Waals surface area contributed by atoms with Gasteiger partial charge in [-0.05, 0) is 37.1 Å². The summed E-state index contributed by atoms with van der Waals surface area (Å²) in [6.45, 7) is -0.330. The van der Waals surface area contributed by atoms with E-state index in [4.69, 9.17) is 32.7 Å². The lowest BCUT2D eigenvalue weighted by Gasteiger charge is -2.33. The first-order chi connectivity index (χ1) is 15.3. The van der Waals surface area contributed by atoms with Crippen LogP contribution in [-0.2, 0) is 14.8 Å². The van der Waals surface area contributed by atoms with Crippen molar-refractivity contribution in [2.45, 2.75) is 43.0 Å². The monoisotopic (exact) mass is 500 g/mol. The third-order valence-corrected chi connectivity index (χ3v) is 7.91. The zero-order valence-corrected chi connectivity index (χ0v) is 20.3.